The molecule has 0 aliphatic carbocycles. The summed E-state index contributed by atoms with van der Waals surface area (Å²) < 4.78 is 54.0. The molecule has 0 unspecified atom stereocenters. The van der Waals surface area contributed by atoms with Crippen LogP contribution < -0.4 is 15.4 Å². The molecule has 3 aromatic rings. The first kappa shape index (κ1) is 24.2. The van der Waals surface area contributed by atoms with Crippen molar-refractivity contribution in [1.82, 2.24) is 10.2 Å². The van der Waals surface area contributed by atoms with Crippen LogP contribution in [0.1, 0.15) is 28.8 Å². The maximum atomic E-state index is 13.1. The van der Waals surface area contributed by atoms with E-state index in [4.69, 9.17) is 11.6 Å². The van der Waals surface area contributed by atoms with Crippen LogP contribution in [-0.4, -0.2) is 47.5 Å². The lowest BCUT2D eigenvalue weighted by Gasteiger charge is -2.32. The van der Waals surface area contributed by atoms with E-state index in [1.165, 1.54) is 36.5 Å². The minimum absolute atomic E-state index is 0.111. The zero-order valence-electron chi connectivity index (χ0n) is 18.5. The number of hydrogen-bond acceptors (Lipinski definition) is 6. The molecule has 1 fully saturated rings. The van der Waals surface area contributed by atoms with Crippen LogP contribution in [0.4, 0.5) is 20.2 Å². The molecule has 188 valence electrons. The summed E-state index contributed by atoms with van der Waals surface area (Å²) in [5.41, 5.74) is -2.19. The predicted molar refractivity (Wildman–Crippen MR) is 128 cm³/mol. The van der Waals surface area contributed by atoms with E-state index in [1.807, 2.05) is 0 Å². The highest BCUT2D eigenvalue weighted by Gasteiger charge is 2.51. The van der Waals surface area contributed by atoms with Gasteiger partial charge in [-0.25, -0.2) is 8.42 Å². The van der Waals surface area contributed by atoms with Gasteiger partial charge in [-0.05, 0) is 55.3 Å². The molecule has 3 heterocycles. The second-order valence-corrected chi connectivity index (χ2v) is 11.4. The number of ether oxygens (including phenoxy) is 1. The summed E-state index contributed by atoms with van der Waals surface area (Å²) in [5.74, 6) is -1.23. The van der Waals surface area contributed by atoms with E-state index in [0.29, 0.717) is 28.2 Å². The van der Waals surface area contributed by atoms with Crippen molar-refractivity contribution in [3.8, 4) is 17.0 Å². The number of hydrogen-bond donors (Lipinski definition) is 3. The van der Waals surface area contributed by atoms with Gasteiger partial charge in [-0.1, -0.05) is 0 Å². The van der Waals surface area contributed by atoms with E-state index >= 15 is 0 Å². The van der Waals surface area contributed by atoms with Crippen molar-refractivity contribution in [3.63, 3.8) is 0 Å². The molecular weight excluding hydrogens is 518 g/mol. The highest BCUT2D eigenvalue weighted by atomic mass is 35.5. The number of amides is 2. The fraction of sp³-hybridized carbons (Fsp3) is 0.261. The first-order valence-electron chi connectivity index (χ1n) is 10.8. The van der Waals surface area contributed by atoms with Crippen LogP contribution in [0.3, 0.4) is 0 Å². The number of aromatic nitrogens is 2. The summed E-state index contributed by atoms with van der Waals surface area (Å²) in [5, 5.41) is 12.3. The second-order valence-electron chi connectivity index (χ2n) is 8.63. The third-order valence-electron chi connectivity index (χ3n) is 6.38. The number of aromatic amines is 1. The van der Waals surface area contributed by atoms with Gasteiger partial charge in [-0.2, -0.15) is 5.10 Å². The molecule has 0 atom stereocenters. The smallest absolute Gasteiger partial charge is 0.420 e. The first-order chi connectivity index (χ1) is 17.0. The van der Waals surface area contributed by atoms with Gasteiger partial charge < -0.3 is 15.4 Å². The summed E-state index contributed by atoms with van der Waals surface area (Å²) >= 11 is 4.76. The van der Waals surface area contributed by atoms with E-state index in [2.05, 4.69) is 25.6 Å². The zero-order valence-corrected chi connectivity index (χ0v) is 20.1. The van der Waals surface area contributed by atoms with Crippen LogP contribution in [-0.2, 0) is 20.0 Å². The zero-order chi connectivity index (χ0) is 25.7. The highest BCUT2D eigenvalue weighted by molar-refractivity contribution is 7.91. The van der Waals surface area contributed by atoms with Crippen LogP contribution in [0, 0.1) is 0 Å². The van der Waals surface area contributed by atoms with Crippen molar-refractivity contribution in [1.29, 1.82) is 0 Å². The number of carbonyl (C=O) groups is 2. The van der Waals surface area contributed by atoms with E-state index in [9.17, 15) is 26.8 Å². The molecule has 2 aliphatic heterocycles. The third kappa shape index (κ3) is 4.53. The van der Waals surface area contributed by atoms with Gasteiger partial charge in [0.25, 0.3) is 5.91 Å². The van der Waals surface area contributed by atoms with Crippen molar-refractivity contribution in [3.05, 3.63) is 59.8 Å². The van der Waals surface area contributed by atoms with E-state index in [0.717, 1.165) is 0 Å². The number of fused-ring (bicyclic) bond motifs is 2. The van der Waals surface area contributed by atoms with E-state index in [-0.39, 0.29) is 41.6 Å². The molecule has 1 saturated heterocycles. The monoisotopic (exact) mass is 536 g/mol. The maximum absolute atomic E-state index is 13.1. The molecule has 1 spiro atoms. The summed E-state index contributed by atoms with van der Waals surface area (Å²) in [4.78, 5) is 26.2. The largest absolute Gasteiger partial charge is 0.487 e. The lowest BCUT2D eigenvalue weighted by Crippen LogP contribution is -2.42. The molecule has 1 aromatic heterocycles. The number of carbonyl (C=O) groups excluding carboxylic acids is 2. The lowest BCUT2D eigenvalue weighted by molar-refractivity contribution is -0.121. The van der Waals surface area contributed by atoms with Gasteiger partial charge in [-0.3, -0.25) is 14.7 Å². The number of H-pyrrole nitrogens is 1. The number of nitrogens with zero attached hydrogens (tertiary/aromatic N) is 1. The number of sulfone groups is 1. The fourth-order valence-electron chi connectivity index (χ4n) is 4.67. The lowest BCUT2D eigenvalue weighted by atomic mass is 9.74. The Kier molecular flexibility index (Phi) is 5.75. The van der Waals surface area contributed by atoms with Crippen LogP contribution in [0.5, 0.6) is 5.75 Å². The number of nitrogens with one attached hydrogen (secondary N) is 3. The highest BCUT2D eigenvalue weighted by Crippen LogP contribution is 2.50. The van der Waals surface area contributed by atoms with Gasteiger partial charge >= 0.3 is 5.57 Å². The number of alkyl halides is 3. The molecule has 13 heteroatoms. The van der Waals surface area contributed by atoms with Crippen molar-refractivity contribution in [2.45, 2.75) is 23.8 Å². The first-order valence-corrected chi connectivity index (χ1v) is 13.0. The Hall–Kier alpha value is -3.51. The SMILES string of the molecule is O=C(Nc1ccc(OC(F)(F)Cl)cc1)c1cc2c(c(-c3ccn[nH]3)c1)C1(CCS(=O)(=O)CC1)C(=O)N2. The Labute approximate surface area is 209 Å². The third-order valence-corrected chi connectivity index (χ3v) is 8.11. The fourth-order valence-corrected chi connectivity index (χ4v) is 6.28. The molecule has 9 nitrogen and oxygen atoms in total. The number of anilines is 2. The molecule has 2 amide bonds. The second kappa shape index (κ2) is 8.56. The predicted octanol–water partition coefficient (Wildman–Crippen LogP) is 3.90. The van der Waals surface area contributed by atoms with Crippen molar-refractivity contribution in [2.24, 2.45) is 0 Å². The van der Waals surface area contributed by atoms with Crippen molar-refractivity contribution in [2.75, 3.05) is 22.1 Å². The van der Waals surface area contributed by atoms with Crippen LogP contribution in [0.15, 0.2) is 48.7 Å². The normalized spacial score (nSPS) is 17.9. The Morgan fingerprint density at radius 2 is 1.83 bits per heavy atom. The van der Waals surface area contributed by atoms with E-state index < -0.39 is 26.7 Å². The van der Waals surface area contributed by atoms with Crippen molar-refractivity contribution < 1.29 is 31.5 Å². The quantitative estimate of drug-likeness (QED) is 0.424. The number of rotatable bonds is 5. The van der Waals surface area contributed by atoms with E-state index in [1.54, 1.807) is 12.1 Å². The molecule has 36 heavy (non-hydrogen) atoms. The van der Waals surface area contributed by atoms with Gasteiger partial charge in [0.1, 0.15) is 15.6 Å². The van der Waals surface area contributed by atoms with Crippen molar-refractivity contribution >= 4 is 44.6 Å². The molecule has 5 rings (SSSR count). The average Bonchev–Trinajstić information content (AvgIpc) is 3.43. The summed E-state index contributed by atoms with van der Waals surface area (Å²) in [6, 6.07) is 10.0. The van der Waals surface area contributed by atoms with Crippen LogP contribution >= 0.6 is 11.6 Å². The molecule has 0 radical (unpaired) electrons. The molecule has 0 bridgehead atoms. The van der Waals surface area contributed by atoms with Gasteiger partial charge in [0.2, 0.25) is 5.91 Å². The minimum Gasteiger partial charge on any atom is -0.420 e. The van der Waals surface area contributed by atoms with Crippen LogP contribution in [0.25, 0.3) is 11.3 Å². The van der Waals surface area contributed by atoms with Gasteiger partial charge in [-0.15, -0.1) is 8.78 Å². The van der Waals surface area contributed by atoms with Crippen LogP contribution in [0.2, 0.25) is 0 Å². The summed E-state index contributed by atoms with van der Waals surface area (Å²) in [6.07, 6.45) is 1.80. The Balaban J connectivity index is 1.49. The number of benzene rings is 2. The Morgan fingerprint density at radius 1 is 1.14 bits per heavy atom. The van der Waals surface area contributed by atoms with Gasteiger partial charge in [0.15, 0.2) is 0 Å². The Bertz CT molecular complexity index is 1440. The average molecular weight is 537 g/mol. The van der Waals surface area contributed by atoms with Gasteiger partial charge in [0.05, 0.1) is 22.6 Å². The molecule has 2 aliphatic rings. The molecule has 2 aromatic carbocycles. The minimum atomic E-state index is -3.86. The Morgan fingerprint density at radius 3 is 2.44 bits per heavy atom. The maximum Gasteiger partial charge on any atom is 0.487 e. The molecule has 3 N–H and O–H groups in total. The molecular formula is C23H19ClF2N4O5S. The summed E-state index contributed by atoms with van der Waals surface area (Å²) in [6.45, 7) is 0. The van der Waals surface area contributed by atoms with Gasteiger partial charge in [0, 0.05) is 45.9 Å². The summed E-state index contributed by atoms with van der Waals surface area (Å²) in [7, 11) is -3.23. The molecule has 0 saturated carbocycles. The number of halogens is 3. The topological polar surface area (TPSA) is 130 Å². The standard InChI is InChI=1S/C23H19ClF2N4O5S/c24-23(25,26)35-15-3-1-14(2-4-15)28-20(31)13-11-16(17-5-8-27-30-17)19-18(12-13)29-21(32)22(19)6-9-36(33,34)10-7-22/h1-5,8,11-12H,6-7,9-10H2,(H,27,30)(H,28,31)(H,29,32).